The van der Waals surface area contributed by atoms with E-state index in [-0.39, 0.29) is 12.5 Å². The van der Waals surface area contributed by atoms with Gasteiger partial charge in [-0.25, -0.2) is 0 Å². The third-order valence-corrected chi connectivity index (χ3v) is 2.07. The van der Waals surface area contributed by atoms with Crippen molar-refractivity contribution in [3.63, 3.8) is 0 Å². The molecule has 1 saturated heterocycles. The number of carbonyl (C=O) groups is 1. The molecule has 0 atom stereocenters. The van der Waals surface area contributed by atoms with Crippen molar-refractivity contribution >= 4 is 36.3 Å². The Morgan fingerprint density at radius 2 is 2.45 bits per heavy atom. The molecule has 11 heavy (non-hydrogen) atoms. The summed E-state index contributed by atoms with van der Waals surface area (Å²) in [5.74, 6) is -0.00810. The number of rotatable bonds is 1. The first-order chi connectivity index (χ1) is 5.31. The first-order valence-electron chi connectivity index (χ1n) is 2.97. The van der Waals surface area contributed by atoms with Crippen molar-refractivity contribution in [1.82, 2.24) is 5.32 Å². The fourth-order valence-corrected chi connectivity index (χ4v) is 0.479. The Bertz CT molecular complexity index is 104. The van der Waals surface area contributed by atoms with Gasteiger partial charge in [-0.3, -0.25) is 4.79 Å². The zero-order chi connectivity index (χ0) is 8.53. The van der Waals surface area contributed by atoms with Gasteiger partial charge in [-0.1, -0.05) is 0 Å². The van der Waals surface area contributed by atoms with E-state index in [4.69, 9.17) is 4.74 Å². The van der Waals surface area contributed by atoms with Gasteiger partial charge >= 0.3 is 0 Å². The Morgan fingerprint density at radius 3 is 2.64 bits per heavy atom. The van der Waals surface area contributed by atoms with Crippen LogP contribution in [0.5, 0.6) is 0 Å². The Balaban J connectivity index is 0.000000218. The number of halogens is 1. The fourth-order valence-electron chi connectivity index (χ4n) is 0.479. The Labute approximate surface area is 82.2 Å². The van der Waals surface area contributed by atoms with E-state index >= 15 is 0 Å². The number of nitrogens with one attached hydrogen (secondary N) is 1. The normalized spacial score (nSPS) is 16.4. The van der Waals surface area contributed by atoms with E-state index in [1.807, 2.05) is 21.2 Å². The van der Waals surface area contributed by atoms with Crippen LogP contribution in [0.2, 0.25) is 0 Å². The van der Waals surface area contributed by atoms with Crippen LogP contribution in [0.4, 0.5) is 0 Å². The second-order valence-electron chi connectivity index (χ2n) is 1.63. The van der Waals surface area contributed by atoms with Crippen molar-refractivity contribution < 1.29 is 13.7 Å². The van der Waals surface area contributed by atoms with Crippen molar-refractivity contribution in [1.29, 1.82) is 0 Å². The molecule has 0 bridgehead atoms. The molecule has 0 aromatic carbocycles. The maximum Gasteiger partial charge on any atom is 0.246 e. The van der Waals surface area contributed by atoms with Crippen LogP contribution < -0.4 is 5.32 Å². The first-order valence-corrected chi connectivity index (χ1v) is 6.25. The minimum Gasteiger partial charge on any atom is -0.370 e. The highest BCUT2D eigenvalue weighted by Crippen LogP contribution is 2.08. The summed E-state index contributed by atoms with van der Waals surface area (Å²) in [4.78, 5) is 10.2. The Kier molecular flexibility index (Phi) is 8.93. The summed E-state index contributed by atoms with van der Waals surface area (Å²) in [5, 5.41) is 2.62. The van der Waals surface area contributed by atoms with Crippen LogP contribution in [0, 0.1) is 0 Å². The van der Waals surface area contributed by atoms with Gasteiger partial charge in [-0.15, -0.1) is 0 Å². The fraction of sp³-hybridized carbons (Fsp3) is 0.800. The molecule has 1 rings (SSSR count). The second kappa shape index (κ2) is 8.57. The molecule has 6 heteroatoms. The molecular formula is C5H10INO3S. The lowest BCUT2D eigenvalue weighted by Crippen LogP contribution is -2.36. The maximum absolute atomic E-state index is 10.2. The number of carbonyl (C=O) groups excluding carboxylic acids is 1. The van der Waals surface area contributed by atoms with E-state index in [1.54, 1.807) is 7.11 Å². The highest BCUT2D eigenvalue weighted by Gasteiger charge is 2.04. The third-order valence-electron chi connectivity index (χ3n) is 0.865. The standard InChI is InChI=1S/C4H7NO2.CH3IOS/c6-4-3-7-2-1-5-4;1-3-4-2/h1-3H2,(H,5,6);1H3. The number of morpholine rings is 1. The molecule has 0 saturated carbocycles. The highest BCUT2D eigenvalue weighted by molar-refractivity contribution is 14.2. The van der Waals surface area contributed by atoms with Gasteiger partial charge in [-0.05, 0) is 0 Å². The predicted molar refractivity (Wildman–Crippen MR) is 52.4 cm³/mol. The largest absolute Gasteiger partial charge is 0.370 e. The van der Waals surface area contributed by atoms with Crippen LogP contribution in [0.25, 0.3) is 0 Å². The van der Waals surface area contributed by atoms with Crippen LogP contribution in [-0.2, 0) is 13.7 Å². The van der Waals surface area contributed by atoms with Crippen molar-refractivity contribution in [3.8, 4) is 0 Å². The van der Waals surface area contributed by atoms with Gasteiger partial charge in [0.05, 0.1) is 22.9 Å². The molecule has 4 nitrogen and oxygen atoms in total. The summed E-state index contributed by atoms with van der Waals surface area (Å²) in [6, 6.07) is 0. The number of hydrogen-bond acceptors (Lipinski definition) is 4. The number of hydrogen-bond donors (Lipinski definition) is 1. The van der Waals surface area contributed by atoms with Crippen LogP contribution in [0.1, 0.15) is 0 Å². The maximum atomic E-state index is 10.2. The number of amides is 1. The molecule has 1 amide bonds. The average molecular weight is 291 g/mol. The van der Waals surface area contributed by atoms with Crippen molar-refractivity contribution in [2.75, 3.05) is 26.9 Å². The van der Waals surface area contributed by atoms with Gasteiger partial charge in [-0.2, -0.15) is 0 Å². The molecule has 0 aromatic heterocycles. The smallest absolute Gasteiger partial charge is 0.246 e. The summed E-state index contributed by atoms with van der Waals surface area (Å²) >= 11 is 2.05. The van der Waals surface area contributed by atoms with E-state index in [2.05, 4.69) is 9.50 Å². The molecule has 0 spiro atoms. The van der Waals surface area contributed by atoms with Gasteiger partial charge in [0.15, 0.2) is 0 Å². The van der Waals surface area contributed by atoms with Crippen LogP contribution in [-0.4, -0.2) is 32.8 Å². The molecular weight excluding hydrogens is 281 g/mol. The van der Waals surface area contributed by atoms with E-state index < -0.39 is 0 Å². The molecule has 0 unspecified atom stereocenters. The van der Waals surface area contributed by atoms with Crippen LogP contribution in [0.15, 0.2) is 0 Å². The van der Waals surface area contributed by atoms with Crippen molar-refractivity contribution in [2.24, 2.45) is 0 Å². The van der Waals surface area contributed by atoms with Crippen LogP contribution >= 0.6 is 30.4 Å². The summed E-state index contributed by atoms with van der Waals surface area (Å²) < 4.78 is 9.21. The van der Waals surface area contributed by atoms with Gasteiger partial charge < -0.3 is 14.2 Å². The van der Waals surface area contributed by atoms with Gasteiger partial charge in [0.25, 0.3) is 0 Å². The second-order valence-corrected chi connectivity index (χ2v) is 3.17. The van der Waals surface area contributed by atoms with E-state index in [1.165, 1.54) is 9.21 Å². The van der Waals surface area contributed by atoms with E-state index in [0.717, 1.165) is 0 Å². The molecule has 1 fully saturated rings. The lowest BCUT2D eigenvalue weighted by Gasteiger charge is -2.10. The van der Waals surface area contributed by atoms with E-state index in [0.29, 0.717) is 13.2 Å². The molecule has 1 aliphatic rings. The predicted octanol–water partition coefficient (Wildman–Crippen LogP) is 0.764. The van der Waals surface area contributed by atoms with Gasteiger partial charge in [0, 0.05) is 27.8 Å². The van der Waals surface area contributed by atoms with E-state index in [9.17, 15) is 4.79 Å². The van der Waals surface area contributed by atoms with Crippen molar-refractivity contribution in [2.45, 2.75) is 0 Å². The number of ether oxygens (including phenoxy) is 1. The zero-order valence-corrected chi connectivity index (χ0v) is 9.11. The molecule has 0 aliphatic carbocycles. The highest BCUT2D eigenvalue weighted by atomic mass is 127. The molecule has 0 radical (unpaired) electrons. The lowest BCUT2D eigenvalue weighted by atomic mass is 10.5. The van der Waals surface area contributed by atoms with Crippen molar-refractivity contribution in [3.05, 3.63) is 0 Å². The first kappa shape index (κ1) is 11.5. The van der Waals surface area contributed by atoms with Gasteiger partial charge in [0.2, 0.25) is 5.91 Å². The summed E-state index contributed by atoms with van der Waals surface area (Å²) in [6.07, 6.45) is 0. The minimum absolute atomic E-state index is 0.00810. The average Bonchev–Trinajstić information content (AvgIpc) is 2.07. The summed E-state index contributed by atoms with van der Waals surface area (Å²) in [7, 11) is 2.96. The molecule has 1 N–H and O–H groups in total. The van der Waals surface area contributed by atoms with Crippen LogP contribution in [0.3, 0.4) is 0 Å². The quantitative estimate of drug-likeness (QED) is 0.572. The van der Waals surface area contributed by atoms with Gasteiger partial charge in [0.1, 0.15) is 6.61 Å². The third kappa shape index (κ3) is 8.38. The monoisotopic (exact) mass is 291 g/mol. The Hall–Kier alpha value is 0.470. The zero-order valence-electron chi connectivity index (χ0n) is 6.13. The summed E-state index contributed by atoms with van der Waals surface area (Å²) in [6.45, 7) is 1.56. The molecule has 0 aromatic rings. The SMILES string of the molecule is COSI.O=C1COCCN1. The molecule has 1 aliphatic heterocycles. The topological polar surface area (TPSA) is 47.6 Å². The molecule has 66 valence electrons. The minimum atomic E-state index is -0.00810. The molecule has 1 heterocycles. The lowest BCUT2D eigenvalue weighted by molar-refractivity contribution is -0.128. The Morgan fingerprint density at radius 1 is 1.82 bits per heavy atom. The summed E-state index contributed by atoms with van der Waals surface area (Å²) in [5.41, 5.74) is 0.